The maximum atomic E-state index is 13.1. The Labute approximate surface area is 170 Å². The van der Waals surface area contributed by atoms with Gasteiger partial charge in [-0.1, -0.05) is 30.3 Å². The number of carbonyl (C=O) groups is 3. The smallest absolute Gasteiger partial charge is 0.269 e. The molecule has 1 saturated heterocycles. The molecule has 1 unspecified atom stereocenters. The molecule has 1 aromatic carbocycles. The molecule has 3 amide bonds. The molecule has 1 aromatic heterocycles. The Kier molecular flexibility index (Phi) is 6.99. The molecule has 0 aliphatic carbocycles. The summed E-state index contributed by atoms with van der Waals surface area (Å²) in [5.41, 5.74) is 1.30. The zero-order valence-electron chi connectivity index (χ0n) is 16.6. The summed E-state index contributed by atoms with van der Waals surface area (Å²) in [4.78, 5) is 39.5. The topological polar surface area (TPSA) is 96.3 Å². The third kappa shape index (κ3) is 5.43. The fraction of sp³-hybridized carbons (Fsp3) is 0.429. The van der Waals surface area contributed by atoms with Crippen LogP contribution >= 0.6 is 0 Å². The summed E-state index contributed by atoms with van der Waals surface area (Å²) < 4.78 is 1.46. The van der Waals surface area contributed by atoms with Gasteiger partial charge in [0, 0.05) is 26.3 Å². The van der Waals surface area contributed by atoms with Gasteiger partial charge in [0.2, 0.25) is 11.8 Å². The molecule has 8 heteroatoms. The van der Waals surface area contributed by atoms with E-state index in [0.29, 0.717) is 18.8 Å². The molecule has 2 heterocycles. The van der Waals surface area contributed by atoms with Gasteiger partial charge in [-0.15, -0.1) is 0 Å². The van der Waals surface area contributed by atoms with Crippen LogP contribution in [0.3, 0.4) is 0 Å². The van der Waals surface area contributed by atoms with Crippen molar-refractivity contribution in [2.45, 2.75) is 31.7 Å². The molecular weight excluding hydrogens is 370 g/mol. The van der Waals surface area contributed by atoms with Crippen LogP contribution in [-0.4, -0.2) is 52.0 Å². The molecule has 29 heavy (non-hydrogen) atoms. The van der Waals surface area contributed by atoms with Gasteiger partial charge in [-0.2, -0.15) is 5.10 Å². The Bertz CT molecular complexity index is 849. The third-order valence-corrected chi connectivity index (χ3v) is 5.11. The fourth-order valence-corrected chi connectivity index (χ4v) is 3.54. The highest BCUT2D eigenvalue weighted by Crippen LogP contribution is 2.25. The van der Waals surface area contributed by atoms with Crippen molar-refractivity contribution < 1.29 is 14.4 Å². The second kappa shape index (κ2) is 9.86. The summed E-state index contributed by atoms with van der Waals surface area (Å²) in [6, 6.07) is 10.8. The molecule has 0 spiro atoms. The number of hydrogen-bond donors (Lipinski definition) is 2. The third-order valence-electron chi connectivity index (χ3n) is 5.11. The van der Waals surface area contributed by atoms with E-state index >= 15 is 0 Å². The van der Waals surface area contributed by atoms with E-state index < -0.39 is 0 Å². The second-order valence-electron chi connectivity index (χ2n) is 7.15. The summed E-state index contributed by atoms with van der Waals surface area (Å²) >= 11 is 0. The second-order valence-corrected chi connectivity index (χ2v) is 7.15. The van der Waals surface area contributed by atoms with Crippen LogP contribution in [0.4, 0.5) is 0 Å². The molecule has 1 fully saturated rings. The zero-order chi connectivity index (χ0) is 20.6. The Hall–Kier alpha value is -3.16. The summed E-state index contributed by atoms with van der Waals surface area (Å²) in [5, 5.41) is 9.58. The highest BCUT2D eigenvalue weighted by atomic mass is 16.2. The van der Waals surface area contributed by atoms with E-state index in [9.17, 15) is 14.4 Å². The lowest BCUT2D eigenvalue weighted by Gasteiger charge is -2.33. The molecule has 0 saturated carbocycles. The van der Waals surface area contributed by atoms with Gasteiger partial charge in [-0.05, 0) is 30.9 Å². The van der Waals surface area contributed by atoms with E-state index in [1.165, 1.54) is 10.9 Å². The minimum atomic E-state index is -0.365. The van der Waals surface area contributed by atoms with Crippen molar-refractivity contribution in [1.82, 2.24) is 25.3 Å². The summed E-state index contributed by atoms with van der Waals surface area (Å²) in [6.07, 6.45) is 4.39. The molecule has 3 rings (SSSR count). The number of nitrogens with one attached hydrogen (secondary N) is 2. The van der Waals surface area contributed by atoms with Gasteiger partial charge in [0.15, 0.2) is 0 Å². The number of hydrogen-bond acceptors (Lipinski definition) is 4. The van der Waals surface area contributed by atoms with Crippen LogP contribution in [0.25, 0.3) is 0 Å². The Morgan fingerprint density at radius 2 is 1.97 bits per heavy atom. The first-order chi connectivity index (χ1) is 14.1. The van der Waals surface area contributed by atoms with Crippen LogP contribution < -0.4 is 10.6 Å². The molecule has 0 radical (unpaired) electrons. The summed E-state index contributed by atoms with van der Waals surface area (Å²) in [7, 11) is 1.67. The number of carbonyl (C=O) groups excluding carboxylic acids is 3. The van der Waals surface area contributed by atoms with E-state index in [1.807, 2.05) is 30.3 Å². The maximum Gasteiger partial charge on any atom is 0.269 e. The first-order valence-electron chi connectivity index (χ1n) is 9.93. The average molecular weight is 397 g/mol. The van der Waals surface area contributed by atoms with Gasteiger partial charge in [0.1, 0.15) is 5.69 Å². The number of benzene rings is 1. The molecule has 154 valence electrons. The SMILES string of the molecule is Cn1nccc1C(=O)NCC(=O)N1CCCCCNC(=O)CC1c1ccccc1. The monoisotopic (exact) mass is 397 g/mol. The lowest BCUT2D eigenvalue weighted by Crippen LogP contribution is -2.44. The number of rotatable bonds is 4. The number of amides is 3. The van der Waals surface area contributed by atoms with E-state index in [4.69, 9.17) is 0 Å². The van der Waals surface area contributed by atoms with Crippen LogP contribution in [-0.2, 0) is 16.6 Å². The van der Waals surface area contributed by atoms with Gasteiger partial charge >= 0.3 is 0 Å². The molecule has 2 N–H and O–H groups in total. The molecular formula is C21H27N5O3. The molecule has 0 bridgehead atoms. The first kappa shape index (κ1) is 20.6. The van der Waals surface area contributed by atoms with Crippen molar-refractivity contribution in [1.29, 1.82) is 0 Å². The van der Waals surface area contributed by atoms with Crippen LogP contribution in [0.2, 0.25) is 0 Å². The Morgan fingerprint density at radius 3 is 2.69 bits per heavy atom. The predicted molar refractivity (Wildman–Crippen MR) is 108 cm³/mol. The van der Waals surface area contributed by atoms with Crippen LogP contribution in [0, 0.1) is 0 Å². The maximum absolute atomic E-state index is 13.1. The lowest BCUT2D eigenvalue weighted by atomic mass is 10.00. The number of aryl methyl sites for hydroxylation is 1. The normalized spacial score (nSPS) is 18.0. The Balaban J connectivity index is 1.76. The molecule has 8 nitrogen and oxygen atoms in total. The van der Waals surface area contributed by atoms with Gasteiger partial charge < -0.3 is 15.5 Å². The van der Waals surface area contributed by atoms with E-state index in [1.54, 1.807) is 18.0 Å². The average Bonchev–Trinajstić information content (AvgIpc) is 3.16. The molecule has 2 aromatic rings. The largest absolute Gasteiger partial charge is 0.356 e. The van der Waals surface area contributed by atoms with Crippen molar-refractivity contribution in [3.63, 3.8) is 0 Å². The van der Waals surface area contributed by atoms with Crippen molar-refractivity contribution in [2.75, 3.05) is 19.6 Å². The molecule has 1 atom stereocenters. The highest BCUT2D eigenvalue weighted by molar-refractivity contribution is 5.95. The van der Waals surface area contributed by atoms with Crippen molar-refractivity contribution in [2.24, 2.45) is 7.05 Å². The van der Waals surface area contributed by atoms with Crippen molar-refractivity contribution in [3.05, 3.63) is 53.9 Å². The van der Waals surface area contributed by atoms with Crippen LogP contribution in [0.5, 0.6) is 0 Å². The minimum Gasteiger partial charge on any atom is -0.356 e. The van der Waals surface area contributed by atoms with Gasteiger partial charge in [-0.3, -0.25) is 19.1 Å². The molecule has 1 aliphatic heterocycles. The fourth-order valence-electron chi connectivity index (χ4n) is 3.54. The van der Waals surface area contributed by atoms with Gasteiger partial charge in [-0.25, -0.2) is 0 Å². The lowest BCUT2D eigenvalue weighted by molar-refractivity contribution is -0.134. The van der Waals surface area contributed by atoms with Crippen molar-refractivity contribution in [3.8, 4) is 0 Å². The van der Waals surface area contributed by atoms with E-state index in [0.717, 1.165) is 24.8 Å². The molecule has 1 aliphatic rings. The van der Waals surface area contributed by atoms with E-state index in [2.05, 4.69) is 15.7 Å². The zero-order valence-corrected chi connectivity index (χ0v) is 16.6. The predicted octanol–water partition coefficient (Wildman–Crippen LogP) is 1.41. The van der Waals surface area contributed by atoms with Gasteiger partial charge in [0.25, 0.3) is 5.91 Å². The first-order valence-corrected chi connectivity index (χ1v) is 9.93. The van der Waals surface area contributed by atoms with Gasteiger partial charge in [0.05, 0.1) is 19.0 Å². The number of aromatic nitrogens is 2. The summed E-state index contributed by atoms with van der Waals surface area (Å²) in [6.45, 7) is 1.08. The van der Waals surface area contributed by atoms with Crippen molar-refractivity contribution >= 4 is 17.7 Å². The minimum absolute atomic E-state index is 0.0718. The highest BCUT2D eigenvalue weighted by Gasteiger charge is 2.28. The Morgan fingerprint density at radius 1 is 1.17 bits per heavy atom. The number of nitrogens with zero attached hydrogens (tertiary/aromatic N) is 3. The van der Waals surface area contributed by atoms with Crippen LogP contribution in [0.15, 0.2) is 42.6 Å². The standard InChI is InChI=1S/C21H27N5O3/c1-25-17(10-12-24-25)21(29)23-15-20(28)26-13-7-3-6-11-22-19(27)14-18(26)16-8-4-2-5-9-16/h2,4-5,8-10,12,18H,3,6-7,11,13-15H2,1H3,(H,22,27)(H,23,29). The van der Waals surface area contributed by atoms with Crippen LogP contribution in [0.1, 0.15) is 47.8 Å². The quantitative estimate of drug-likeness (QED) is 0.815. The summed E-state index contributed by atoms with van der Waals surface area (Å²) in [5.74, 6) is -0.631. The van der Waals surface area contributed by atoms with E-state index in [-0.39, 0.29) is 36.7 Å².